The molecule has 1 aromatic carbocycles. The van der Waals surface area contributed by atoms with Gasteiger partial charge in [0.05, 0.1) is 6.61 Å². The summed E-state index contributed by atoms with van der Waals surface area (Å²) in [5.41, 5.74) is 7.52. The summed E-state index contributed by atoms with van der Waals surface area (Å²) >= 11 is 0. The monoisotopic (exact) mass is 234 g/mol. The van der Waals surface area contributed by atoms with E-state index in [-0.39, 0.29) is 5.41 Å². The van der Waals surface area contributed by atoms with E-state index in [2.05, 4.69) is 29.6 Å². The van der Waals surface area contributed by atoms with Crippen LogP contribution in [0.25, 0.3) is 0 Å². The average Bonchev–Trinajstić information content (AvgIpc) is 2.41. The predicted octanol–water partition coefficient (Wildman–Crippen LogP) is 1.67. The molecule has 1 aliphatic heterocycles. The fourth-order valence-corrected chi connectivity index (χ4v) is 2.59. The number of hydrogen-bond donors (Lipinski definition) is 2. The van der Waals surface area contributed by atoms with Gasteiger partial charge in [-0.15, -0.1) is 0 Å². The Bertz CT molecular complexity index is 342. The summed E-state index contributed by atoms with van der Waals surface area (Å²) in [6.45, 7) is 5.56. The lowest BCUT2D eigenvalue weighted by molar-refractivity contribution is 0.314. The van der Waals surface area contributed by atoms with Gasteiger partial charge in [0.1, 0.15) is 5.75 Å². The minimum atomic E-state index is 0.163. The van der Waals surface area contributed by atoms with E-state index in [1.807, 2.05) is 6.92 Å². The molecule has 0 aromatic heterocycles. The molecule has 0 amide bonds. The van der Waals surface area contributed by atoms with Gasteiger partial charge in [0, 0.05) is 12.0 Å². The first-order chi connectivity index (χ1) is 8.30. The summed E-state index contributed by atoms with van der Waals surface area (Å²) in [7, 11) is 0. The quantitative estimate of drug-likeness (QED) is 0.833. The van der Waals surface area contributed by atoms with Gasteiger partial charge >= 0.3 is 0 Å². The highest BCUT2D eigenvalue weighted by molar-refractivity contribution is 5.33. The highest BCUT2D eigenvalue weighted by Crippen LogP contribution is 2.33. The lowest BCUT2D eigenvalue weighted by atomic mass is 9.73. The minimum absolute atomic E-state index is 0.163. The Morgan fingerprint density at radius 2 is 1.88 bits per heavy atom. The van der Waals surface area contributed by atoms with Crippen molar-refractivity contribution in [3.8, 4) is 5.75 Å². The van der Waals surface area contributed by atoms with Gasteiger partial charge < -0.3 is 15.8 Å². The van der Waals surface area contributed by atoms with Crippen LogP contribution in [0.5, 0.6) is 5.75 Å². The highest BCUT2D eigenvalue weighted by Gasteiger charge is 2.32. The maximum atomic E-state index is 6.01. The van der Waals surface area contributed by atoms with Crippen LogP contribution in [0, 0.1) is 0 Å². The lowest BCUT2D eigenvalue weighted by Crippen LogP contribution is -2.44. The van der Waals surface area contributed by atoms with Gasteiger partial charge in [-0.05, 0) is 50.6 Å². The molecule has 3 N–H and O–H groups in total. The maximum absolute atomic E-state index is 6.01. The summed E-state index contributed by atoms with van der Waals surface area (Å²) in [5, 5.41) is 3.40. The average molecular weight is 234 g/mol. The van der Waals surface area contributed by atoms with E-state index in [1.54, 1.807) is 0 Å². The summed E-state index contributed by atoms with van der Waals surface area (Å²) < 4.78 is 5.47. The van der Waals surface area contributed by atoms with Crippen molar-refractivity contribution in [1.82, 2.24) is 5.32 Å². The Morgan fingerprint density at radius 1 is 1.24 bits per heavy atom. The second-order valence-electron chi connectivity index (χ2n) is 4.69. The van der Waals surface area contributed by atoms with E-state index < -0.39 is 0 Å². The van der Waals surface area contributed by atoms with E-state index in [0.717, 1.165) is 38.2 Å². The van der Waals surface area contributed by atoms with E-state index >= 15 is 0 Å². The van der Waals surface area contributed by atoms with Crippen LogP contribution in [-0.4, -0.2) is 26.2 Å². The maximum Gasteiger partial charge on any atom is 0.119 e. The smallest absolute Gasteiger partial charge is 0.119 e. The largest absolute Gasteiger partial charge is 0.494 e. The normalized spacial score (nSPS) is 18.9. The first kappa shape index (κ1) is 12.4. The molecule has 0 unspecified atom stereocenters. The van der Waals surface area contributed by atoms with Crippen LogP contribution in [0.3, 0.4) is 0 Å². The molecule has 0 radical (unpaired) electrons. The van der Waals surface area contributed by atoms with Crippen molar-refractivity contribution in [1.29, 1.82) is 0 Å². The number of piperidine rings is 1. The molecule has 1 aliphatic rings. The zero-order valence-electron chi connectivity index (χ0n) is 10.5. The topological polar surface area (TPSA) is 47.3 Å². The molecule has 0 bridgehead atoms. The fourth-order valence-electron chi connectivity index (χ4n) is 2.59. The van der Waals surface area contributed by atoms with Crippen LogP contribution < -0.4 is 15.8 Å². The van der Waals surface area contributed by atoms with Crippen molar-refractivity contribution in [2.75, 3.05) is 26.2 Å². The van der Waals surface area contributed by atoms with Crippen molar-refractivity contribution in [2.45, 2.75) is 25.2 Å². The van der Waals surface area contributed by atoms with Crippen molar-refractivity contribution < 1.29 is 4.74 Å². The van der Waals surface area contributed by atoms with Crippen LogP contribution in [0.1, 0.15) is 25.3 Å². The fraction of sp³-hybridized carbons (Fsp3) is 0.571. The van der Waals surface area contributed by atoms with E-state index in [1.165, 1.54) is 5.56 Å². The second-order valence-corrected chi connectivity index (χ2v) is 4.69. The zero-order valence-corrected chi connectivity index (χ0v) is 10.5. The van der Waals surface area contributed by atoms with Crippen molar-refractivity contribution in [2.24, 2.45) is 5.73 Å². The molecule has 94 valence electrons. The standard InChI is InChI=1S/C14H22N2O/c1-2-17-13-5-3-12(4-6-13)14(11-15)7-9-16-10-8-14/h3-6,16H,2,7-11,15H2,1H3. The van der Waals surface area contributed by atoms with Crippen LogP contribution >= 0.6 is 0 Å². The van der Waals surface area contributed by atoms with Gasteiger partial charge in [0.2, 0.25) is 0 Å². The molecule has 3 nitrogen and oxygen atoms in total. The Labute approximate surface area is 103 Å². The number of nitrogens with two attached hydrogens (primary N) is 1. The molecule has 0 saturated carbocycles. The SMILES string of the molecule is CCOc1ccc(C2(CN)CCNCC2)cc1. The third-order valence-corrected chi connectivity index (χ3v) is 3.73. The van der Waals surface area contributed by atoms with E-state index in [4.69, 9.17) is 10.5 Å². The van der Waals surface area contributed by atoms with Gasteiger partial charge in [-0.1, -0.05) is 12.1 Å². The minimum Gasteiger partial charge on any atom is -0.494 e. The number of benzene rings is 1. The van der Waals surface area contributed by atoms with Crippen LogP contribution in [0.2, 0.25) is 0 Å². The van der Waals surface area contributed by atoms with Crippen LogP contribution in [0.15, 0.2) is 24.3 Å². The molecule has 0 spiro atoms. The summed E-state index contributed by atoms with van der Waals surface area (Å²) in [6, 6.07) is 8.45. The summed E-state index contributed by atoms with van der Waals surface area (Å²) in [4.78, 5) is 0. The first-order valence-corrected chi connectivity index (χ1v) is 6.45. The first-order valence-electron chi connectivity index (χ1n) is 6.45. The number of nitrogens with one attached hydrogen (secondary N) is 1. The van der Waals surface area contributed by atoms with Gasteiger partial charge in [-0.2, -0.15) is 0 Å². The van der Waals surface area contributed by atoms with Gasteiger partial charge in [-0.3, -0.25) is 0 Å². The van der Waals surface area contributed by atoms with Crippen LogP contribution in [-0.2, 0) is 5.41 Å². The van der Waals surface area contributed by atoms with Crippen LogP contribution in [0.4, 0.5) is 0 Å². The summed E-state index contributed by atoms with van der Waals surface area (Å²) in [5.74, 6) is 0.942. The number of ether oxygens (including phenoxy) is 1. The van der Waals surface area contributed by atoms with Crippen molar-refractivity contribution in [3.63, 3.8) is 0 Å². The van der Waals surface area contributed by atoms with Crippen molar-refractivity contribution >= 4 is 0 Å². The second kappa shape index (κ2) is 5.52. The molecule has 1 heterocycles. The molecule has 0 atom stereocenters. The van der Waals surface area contributed by atoms with Crippen molar-refractivity contribution in [3.05, 3.63) is 29.8 Å². The molecule has 0 aliphatic carbocycles. The molecule has 1 aromatic rings. The van der Waals surface area contributed by atoms with Gasteiger partial charge in [0.25, 0.3) is 0 Å². The molecular weight excluding hydrogens is 212 g/mol. The summed E-state index contributed by atoms with van der Waals surface area (Å²) in [6.07, 6.45) is 2.25. The molecule has 17 heavy (non-hydrogen) atoms. The van der Waals surface area contributed by atoms with Gasteiger partial charge in [-0.25, -0.2) is 0 Å². The molecular formula is C14H22N2O. The Hall–Kier alpha value is -1.06. The Kier molecular flexibility index (Phi) is 4.02. The zero-order chi connectivity index (χ0) is 12.1. The molecule has 1 fully saturated rings. The molecule has 1 saturated heterocycles. The van der Waals surface area contributed by atoms with E-state index in [0.29, 0.717) is 6.61 Å². The van der Waals surface area contributed by atoms with Gasteiger partial charge in [0.15, 0.2) is 0 Å². The Morgan fingerprint density at radius 3 is 2.41 bits per heavy atom. The highest BCUT2D eigenvalue weighted by atomic mass is 16.5. The Balaban J connectivity index is 2.18. The lowest BCUT2D eigenvalue weighted by Gasteiger charge is -2.37. The predicted molar refractivity (Wildman–Crippen MR) is 70.4 cm³/mol. The third kappa shape index (κ3) is 2.61. The third-order valence-electron chi connectivity index (χ3n) is 3.73. The number of rotatable bonds is 4. The molecule has 2 rings (SSSR count). The number of hydrogen-bond acceptors (Lipinski definition) is 3. The molecule has 3 heteroatoms. The van der Waals surface area contributed by atoms with E-state index in [9.17, 15) is 0 Å².